The van der Waals surface area contributed by atoms with Gasteiger partial charge < -0.3 is 9.80 Å². The second kappa shape index (κ2) is 9.05. The maximum atomic E-state index is 12.7. The smallest absolute Gasteiger partial charge is 0.226 e. The van der Waals surface area contributed by atoms with Crippen molar-refractivity contribution in [3.8, 4) is 0 Å². The molecule has 2 aromatic rings. The van der Waals surface area contributed by atoms with Crippen LogP contribution in [0.25, 0.3) is 0 Å². The highest BCUT2D eigenvalue weighted by molar-refractivity contribution is 6.30. The number of nitrogens with zero attached hydrogens (tertiary/aromatic N) is 2. The second-order valence-corrected chi connectivity index (χ2v) is 7.57. The molecule has 0 bridgehead atoms. The molecular formula is C22H25ClN2O2. The van der Waals surface area contributed by atoms with E-state index in [1.165, 1.54) is 0 Å². The molecular weight excluding hydrogens is 360 g/mol. The van der Waals surface area contributed by atoms with E-state index in [1.807, 2.05) is 54.4 Å². The molecule has 0 aliphatic carbocycles. The number of carbonyl (C=O) groups excluding carboxylic acids is 2. The van der Waals surface area contributed by atoms with Gasteiger partial charge in [0.15, 0.2) is 0 Å². The first-order chi connectivity index (χ1) is 13.0. The van der Waals surface area contributed by atoms with E-state index < -0.39 is 0 Å². The van der Waals surface area contributed by atoms with Gasteiger partial charge in [0.05, 0.1) is 6.42 Å². The number of piperidine rings is 1. The fourth-order valence-corrected chi connectivity index (χ4v) is 3.64. The van der Waals surface area contributed by atoms with Gasteiger partial charge in [0.2, 0.25) is 11.8 Å². The lowest BCUT2D eigenvalue weighted by Crippen LogP contribution is -2.43. The molecule has 0 aromatic heterocycles. The summed E-state index contributed by atoms with van der Waals surface area (Å²) in [7, 11) is 1.85. The van der Waals surface area contributed by atoms with Crippen LogP contribution in [0.15, 0.2) is 54.6 Å². The number of likely N-dealkylation sites (tertiary alicyclic amines) is 1. The highest BCUT2D eigenvalue weighted by Crippen LogP contribution is 2.21. The van der Waals surface area contributed by atoms with Crippen LogP contribution in [0.5, 0.6) is 0 Å². The van der Waals surface area contributed by atoms with E-state index in [0.717, 1.165) is 24.0 Å². The minimum Gasteiger partial charge on any atom is -0.342 e. The predicted molar refractivity (Wildman–Crippen MR) is 107 cm³/mol. The normalized spacial score (nSPS) is 14.8. The standard InChI is InChI=1S/C22H25ClN2O2/c1-24(16-18-5-3-2-4-6-18)22(27)19-11-13-25(14-12-19)21(26)15-17-7-9-20(23)10-8-17/h2-10,19H,11-16H2,1H3. The topological polar surface area (TPSA) is 40.6 Å². The summed E-state index contributed by atoms with van der Waals surface area (Å²) in [5, 5.41) is 0.671. The predicted octanol–water partition coefficient (Wildman–Crippen LogP) is 3.78. The van der Waals surface area contributed by atoms with Gasteiger partial charge >= 0.3 is 0 Å². The number of hydrogen-bond acceptors (Lipinski definition) is 2. The first-order valence-electron chi connectivity index (χ1n) is 9.34. The van der Waals surface area contributed by atoms with E-state index in [-0.39, 0.29) is 17.7 Å². The van der Waals surface area contributed by atoms with Crippen LogP contribution in [0, 0.1) is 5.92 Å². The first-order valence-corrected chi connectivity index (χ1v) is 9.72. The largest absolute Gasteiger partial charge is 0.342 e. The molecule has 0 saturated carbocycles. The number of benzene rings is 2. The molecule has 5 heteroatoms. The number of carbonyl (C=O) groups is 2. The van der Waals surface area contributed by atoms with Crippen LogP contribution in [-0.4, -0.2) is 41.8 Å². The molecule has 4 nitrogen and oxygen atoms in total. The Morgan fingerprint density at radius 3 is 2.26 bits per heavy atom. The van der Waals surface area contributed by atoms with Gasteiger partial charge in [0.1, 0.15) is 0 Å². The van der Waals surface area contributed by atoms with Crippen LogP contribution in [-0.2, 0) is 22.6 Å². The SMILES string of the molecule is CN(Cc1ccccc1)C(=O)C1CCN(C(=O)Cc2ccc(Cl)cc2)CC1. The van der Waals surface area contributed by atoms with Gasteiger partial charge in [-0.1, -0.05) is 54.1 Å². The van der Waals surface area contributed by atoms with Gasteiger partial charge in [0, 0.05) is 37.6 Å². The molecule has 1 aliphatic heterocycles. The Kier molecular flexibility index (Phi) is 6.51. The van der Waals surface area contributed by atoms with Crippen molar-refractivity contribution in [1.82, 2.24) is 9.80 Å². The van der Waals surface area contributed by atoms with Crippen molar-refractivity contribution in [3.63, 3.8) is 0 Å². The molecule has 1 fully saturated rings. The Morgan fingerprint density at radius 2 is 1.63 bits per heavy atom. The van der Waals surface area contributed by atoms with Crippen LogP contribution < -0.4 is 0 Å². The van der Waals surface area contributed by atoms with E-state index in [4.69, 9.17) is 11.6 Å². The highest BCUT2D eigenvalue weighted by Gasteiger charge is 2.29. The molecule has 0 atom stereocenters. The molecule has 0 spiro atoms. The monoisotopic (exact) mass is 384 g/mol. The summed E-state index contributed by atoms with van der Waals surface area (Å²) in [5.41, 5.74) is 2.09. The molecule has 3 rings (SSSR count). The Bertz CT molecular complexity index is 769. The molecule has 27 heavy (non-hydrogen) atoms. The lowest BCUT2D eigenvalue weighted by molar-refractivity contribution is -0.140. The summed E-state index contributed by atoms with van der Waals surface area (Å²) in [6.07, 6.45) is 1.83. The first kappa shape index (κ1) is 19.4. The van der Waals surface area contributed by atoms with E-state index in [0.29, 0.717) is 31.1 Å². The van der Waals surface area contributed by atoms with Crippen molar-refractivity contribution in [3.05, 3.63) is 70.7 Å². The summed E-state index contributed by atoms with van der Waals surface area (Å²) in [5.74, 6) is 0.280. The quantitative estimate of drug-likeness (QED) is 0.787. The zero-order valence-electron chi connectivity index (χ0n) is 15.6. The zero-order chi connectivity index (χ0) is 19.2. The lowest BCUT2D eigenvalue weighted by Gasteiger charge is -2.33. The van der Waals surface area contributed by atoms with Crippen LogP contribution in [0.2, 0.25) is 5.02 Å². The number of halogens is 1. The van der Waals surface area contributed by atoms with Crippen LogP contribution in [0.4, 0.5) is 0 Å². The lowest BCUT2D eigenvalue weighted by atomic mass is 9.94. The zero-order valence-corrected chi connectivity index (χ0v) is 16.4. The van der Waals surface area contributed by atoms with Crippen molar-refractivity contribution >= 4 is 23.4 Å². The van der Waals surface area contributed by atoms with Gasteiger partial charge in [-0.15, -0.1) is 0 Å². The van der Waals surface area contributed by atoms with E-state index >= 15 is 0 Å². The van der Waals surface area contributed by atoms with Gasteiger partial charge in [0.25, 0.3) is 0 Å². The summed E-state index contributed by atoms with van der Waals surface area (Å²) < 4.78 is 0. The molecule has 2 amide bonds. The third kappa shape index (κ3) is 5.33. The highest BCUT2D eigenvalue weighted by atomic mass is 35.5. The molecule has 1 aliphatic rings. The molecule has 0 N–H and O–H groups in total. The Labute approximate surface area is 165 Å². The molecule has 0 radical (unpaired) electrons. The Balaban J connectivity index is 1.48. The average Bonchev–Trinajstić information content (AvgIpc) is 2.70. The van der Waals surface area contributed by atoms with Gasteiger partial charge in [-0.25, -0.2) is 0 Å². The van der Waals surface area contributed by atoms with Gasteiger partial charge in [-0.05, 0) is 36.1 Å². The van der Waals surface area contributed by atoms with E-state index in [1.54, 1.807) is 17.0 Å². The third-order valence-electron chi connectivity index (χ3n) is 5.10. The fraction of sp³-hybridized carbons (Fsp3) is 0.364. The van der Waals surface area contributed by atoms with Crippen molar-refractivity contribution in [2.75, 3.05) is 20.1 Å². The van der Waals surface area contributed by atoms with Gasteiger partial charge in [-0.3, -0.25) is 9.59 Å². The van der Waals surface area contributed by atoms with Crippen LogP contribution in [0.1, 0.15) is 24.0 Å². The molecule has 142 valence electrons. The number of hydrogen-bond donors (Lipinski definition) is 0. The summed E-state index contributed by atoms with van der Waals surface area (Å²) in [4.78, 5) is 28.9. The summed E-state index contributed by atoms with van der Waals surface area (Å²) in [6.45, 7) is 1.90. The Morgan fingerprint density at radius 1 is 1.00 bits per heavy atom. The number of rotatable bonds is 5. The second-order valence-electron chi connectivity index (χ2n) is 7.14. The van der Waals surface area contributed by atoms with Crippen LogP contribution >= 0.6 is 11.6 Å². The molecule has 1 heterocycles. The van der Waals surface area contributed by atoms with Crippen molar-refractivity contribution < 1.29 is 9.59 Å². The summed E-state index contributed by atoms with van der Waals surface area (Å²) >= 11 is 5.89. The van der Waals surface area contributed by atoms with Crippen molar-refractivity contribution in [2.45, 2.75) is 25.8 Å². The maximum absolute atomic E-state index is 12.7. The summed E-state index contributed by atoms with van der Waals surface area (Å²) in [6, 6.07) is 17.4. The van der Waals surface area contributed by atoms with Crippen LogP contribution in [0.3, 0.4) is 0 Å². The minimum atomic E-state index is -0.00158. The molecule has 2 aromatic carbocycles. The van der Waals surface area contributed by atoms with Crippen molar-refractivity contribution in [2.24, 2.45) is 5.92 Å². The fourth-order valence-electron chi connectivity index (χ4n) is 3.51. The van der Waals surface area contributed by atoms with Gasteiger partial charge in [-0.2, -0.15) is 0 Å². The molecule has 0 unspecified atom stereocenters. The maximum Gasteiger partial charge on any atom is 0.226 e. The third-order valence-corrected chi connectivity index (χ3v) is 5.36. The molecule has 1 saturated heterocycles. The van der Waals surface area contributed by atoms with E-state index in [9.17, 15) is 9.59 Å². The Hall–Kier alpha value is -2.33. The average molecular weight is 385 g/mol. The van der Waals surface area contributed by atoms with E-state index in [2.05, 4.69) is 0 Å². The number of amides is 2. The van der Waals surface area contributed by atoms with Crippen molar-refractivity contribution in [1.29, 1.82) is 0 Å². The minimum absolute atomic E-state index is 0.00158.